The summed E-state index contributed by atoms with van der Waals surface area (Å²) in [6.45, 7) is 6.44. The van der Waals surface area contributed by atoms with Gasteiger partial charge in [0.2, 0.25) is 0 Å². The number of primary amides is 1. The Kier molecular flexibility index (Phi) is 2.98. The summed E-state index contributed by atoms with van der Waals surface area (Å²) >= 11 is 0. The van der Waals surface area contributed by atoms with Crippen LogP contribution < -0.4 is 10.6 Å². The van der Waals surface area contributed by atoms with Crippen molar-refractivity contribution >= 4 is 11.7 Å². The van der Waals surface area contributed by atoms with Gasteiger partial charge in [-0.15, -0.1) is 0 Å². The highest BCUT2D eigenvalue weighted by atomic mass is 16.3. The third-order valence-electron chi connectivity index (χ3n) is 3.48. The van der Waals surface area contributed by atoms with Crippen LogP contribution in [0.2, 0.25) is 0 Å². The Morgan fingerprint density at radius 1 is 1.39 bits per heavy atom. The lowest BCUT2D eigenvalue weighted by molar-refractivity contribution is -0.134. The normalized spacial score (nSPS) is 23.4. The Hall–Kier alpha value is -1.69. The van der Waals surface area contributed by atoms with Gasteiger partial charge in [-0.3, -0.25) is 4.79 Å². The fourth-order valence-corrected chi connectivity index (χ4v) is 2.23. The van der Waals surface area contributed by atoms with Gasteiger partial charge < -0.3 is 15.7 Å². The lowest BCUT2D eigenvalue weighted by Gasteiger charge is -2.22. The van der Waals surface area contributed by atoms with Crippen LogP contribution >= 0.6 is 0 Å². The molecule has 0 aromatic carbocycles. The van der Waals surface area contributed by atoms with Crippen molar-refractivity contribution < 1.29 is 9.90 Å². The molecule has 1 unspecified atom stereocenters. The van der Waals surface area contributed by atoms with Gasteiger partial charge in [0.1, 0.15) is 11.6 Å². The highest BCUT2D eigenvalue weighted by molar-refractivity contribution is 5.84. The molecular weight excluding hydrogens is 232 g/mol. The molecule has 1 aromatic rings. The summed E-state index contributed by atoms with van der Waals surface area (Å²) in [6.07, 6.45) is 0.337. The molecule has 1 fully saturated rings. The Balaban J connectivity index is 2.33. The Labute approximate surface area is 106 Å². The molecule has 1 aliphatic rings. The van der Waals surface area contributed by atoms with Crippen molar-refractivity contribution in [2.24, 2.45) is 5.73 Å². The molecule has 18 heavy (non-hydrogen) atoms. The molecule has 1 saturated heterocycles. The molecule has 0 spiro atoms. The molecule has 0 bridgehead atoms. The molecular formula is C12H18N4O2. The number of nitrogens with two attached hydrogens (primary N) is 1. The quantitative estimate of drug-likeness (QED) is 0.760. The van der Waals surface area contributed by atoms with Gasteiger partial charge in [0.15, 0.2) is 5.60 Å². The number of aryl methyl sites for hydroxylation is 2. The fourth-order valence-electron chi connectivity index (χ4n) is 2.23. The molecule has 98 valence electrons. The first-order valence-electron chi connectivity index (χ1n) is 5.92. The maximum absolute atomic E-state index is 11.2. The highest BCUT2D eigenvalue weighted by Crippen LogP contribution is 2.28. The number of aliphatic hydroxyl groups is 1. The molecule has 1 aliphatic heterocycles. The van der Waals surface area contributed by atoms with E-state index in [4.69, 9.17) is 5.73 Å². The third-order valence-corrected chi connectivity index (χ3v) is 3.48. The van der Waals surface area contributed by atoms with Gasteiger partial charge in [0.25, 0.3) is 5.91 Å². The van der Waals surface area contributed by atoms with Gasteiger partial charge in [-0.05, 0) is 20.8 Å². The van der Waals surface area contributed by atoms with Crippen LogP contribution in [-0.2, 0) is 4.79 Å². The van der Waals surface area contributed by atoms with Crippen molar-refractivity contribution in [2.45, 2.75) is 32.8 Å². The molecule has 1 amide bonds. The zero-order valence-electron chi connectivity index (χ0n) is 10.9. The van der Waals surface area contributed by atoms with E-state index in [-0.39, 0.29) is 6.54 Å². The zero-order chi connectivity index (χ0) is 13.5. The zero-order valence-corrected chi connectivity index (χ0v) is 10.9. The molecule has 6 nitrogen and oxygen atoms in total. The largest absolute Gasteiger partial charge is 0.378 e. The van der Waals surface area contributed by atoms with Crippen molar-refractivity contribution in [1.82, 2.24) is 9.97 Å². The standard InChI is InChI=1S/C12H18N4O2/c1-7-8(2)14-9(3)15-10(7)16-5-4-12(18,6-16)11(13)17/h18H,4-6H2,1-3H3,(H2,13,17). The van der Waals surface area contributed by atoms with Gasteiger partial charge in [-0.1, -0.05) is 0 Å². The van der Waals surface area contributed by atoms with E-state index < -0.39 is 11.5 Å². The maximum Gasteiger partial charge on any atom is 0.251 e. The van der Waals surface area contributed by atoms with Gasteiger partial charge >= 0.3 is 0 Å². The van der Waals surface area contributed by atoms with Crippen molar-refractivity contribution in [2.75, 3.05) is 18.0 Å². The van der Waals surface area contributed by atoms with Crippen molar-refractivity contribution in [1.29, 1.82) is 0 Å². The van der Waals surface area contributed by atoms with Crippen molar-refractivity contribution in [3.63, 3.8) is 0 Å². The second-order valence-corrected chi connectivity index (χ2v) is 4.87. The minimum atomic E-state index is -1.45. The summed E-state index contributed by atoms with van der Waals surface area (Å²) in [5.74, 6) is 0.782. The van der Waals surface area contributed by atoms with E-state index >= 15 is 0 Å². The summed E-state index contributed by atoms with van der Waals surface area (Å²) in [5.41, 5.74) is 5.65. The molecule has 3 N–H and O–H groups in total. The Morgan fingerprint density at radius 3 is 2.61 bits per heavy atom. The summed E-state index contributed by atoms with van der Waals surface area (Å²) < 4.78 is 0. The number of hydrogen-bond donors (Lipinski definition) is 2. The van der Waals surface area contributed by atoms with Crippen LogP contribution in [0.25, 0.3) is 0 Å². The van der Waals surface area contributed by atoms with Crippen molar-refractivity contribution in [3.8, 4) is 0 Å². The SMILES string of the molecule is Cc1nc(C)c(C)c(N2CCC(O)(C(N)=O)C2)n1. The van der Waals surface area contributed by atoms with Crippen LogP contribution in [0, 0.1) is 20.8 Å². The summed E-state index contributed by atoms with van der Waals surface area (Å²) in [5, 5.41) is 10.1. The van der Waals surface area contributed by atoms with Crippen LogP contribution in [0.3, 0.4) is 0 Å². The van der Waals surface area contributed by atoms with Gasteiger partial charge in [0.05, 0.1) is 6.54 Å². The molecule has 0 aliphatic carbocycles. The summed E-state index contributed by atoms with van der Waals surface area (Å²) in [7, 11) is 0. The van der Waals surface area contributed by atoms with Crippen LogP contribution in [0.1, 0.15) is 23.5 Å². The first-order valence-corrected chi connectivity index (χ1v) is 5.92. The van der Waals surface area contributed by atoms with Crippen molar-refractivity contribution in [3.05, 3.63) is 17.1 Å². The topological polar surface area (TPSA) is 92.3 Å². The molecule has 0 saturated carbocycles. The van der Waals surface area contributed by atoms with E-state index in [1.54, 1.807) is 0 Å². The number of carbonyl (C=O) groups excluding carboxylic acids is 1. The molecule has 1 atom stereocenters. The van der Waals surface area contributed by atoms with E-state index in [0.29, 0.717) is 18.8 Å². The van der Waals surface area contributed by atoms with E-state index in [2.05, 4.69) is 9.97 Å². The second-order valence-electron chi connectivity index (χ2n) is 4.87. The number of nitrogens with zero attached hydrogens (tertiary/aromatic N) is 3. The predicted octanol–water partition coefficient (Wildman–Crippen LogP) is -0.172. The number of rotatable bonds is 2. The number of hydrogen-bond acceptors (Lipinski definition) is 5. The summed E-state index contributed by atoms with van der Waals surface area (Å²) in [4.78, 5) is 21.8. The molecule has 1 aromatic heterocycles. The van der Waals surface area contributed by atoms with Crippen LogP contribution in [-0.4, -0.2) is 39.7 Å². The average Bonchev–Trinajstić information content (AvgIpc) is 2.67. The minimum Gasteiger partial charge on any atom is -0.378 e. The first kappa shape index (κ1) is 12.8. The fraction of sp³-hybridized carbons (Fsp3) is 0.583. The van der Waals surface area contributed by atoms with Gasteiger partial charge in [-0.25, -0.2) is 9.97 Å². The molecule has 0 radical (unpaired) electrons. The smallest absolute Gasteiger partial charge is 0.251 e. The van der Waals surface area contributed by atoms with Crippen LogP contribution in [0.4, 0.5) is 5.82 Å². The maximum atomic E-state index is 11.2. The number of anilines is 1. The first-order chi connectivity index (χ1) is 8.33. The van der Waals surface area contributed by atoms with Gasteiger partial charge in [-0.2, -0.15) is 0 Å². The summed E-state index contributed by atoms with van der Waals surface area (Å²) in [6, 6.07) is 0. The Bertz CT molecular complexity index is 503. The second kappa shape index (κ2) is 4.20. The number of β-amino-alcohol motifs (C(OH)–C–C–N with tert-alkyl or cyclic N) is 1. The lowest BCUT2D eigenvalue weighted by Crippen LogP contribution is -2.46. The molecule has 2 heterocycles. The van der Waals surface area contributed by atoms with Gasteiger partial charge in [0, 0.05) is 24.2 Å². The van der Waals surface area contributed by atoms with Crippen LogP contribution in [0.15, 0.2) is 0 Å². The predicted molar refractivity (Wildman–Crippen MR) is 67.2 cm³/mol. The molecule has 2 rings (SSSR count). The van der Waals surface area contributed by atoms with E-state index in [1.807, 2.05) is 25.7 Å². The van der Waals surface area contributed by atoms with Crippen LogP contribution in [0.5, 0.6) is 0 Å². The monoisotopic (exact) mass is 250 g/mol. The van der Waals surface area contributed by atoms with E-state index in [0.717, 1.165) is 17.1 Å². The highest BCUT2D eigenvalue weighted by Gasteiger charge is 2.42. The number of carbonyl (C=O) groups is 1. The third kappa shape index (κ3) is 2.03. The number of amides is 1. The lowest BCUT2D eigenvalue weighted by atomic mass is 10.0. The average molecular weight is 250 g/mol. The minimum absolute atomic E-state index is 0.194. The molecule has 6 heteroatoms. The van der Waals surface area contributed by atoms with E-state index in [9.17, 15) is 9.90 Å². The Morgan fingerprint density at radius 2 is 2.06 bits per heavy atom. The van der Waals surface area contributed by atoms with E-state index in [1.165, 1.54) is 0 Å². The number of aromatic nitrogens is 2.